The van der Waals surface area contributed by atoms with Crippen molar-refractivity contribution < 1.29 is 0 Å². The summed E-state index contributed by atoms with van der Waals surface area (Å²) < 4.78 is 0. The number of hydrogen-bond donors (Lipinski definition) is 0. The van der Waals surface area contributed by atoms with E-state index in [1.807, 2.05) is 0 Å². The Morgan fingerprint density at radius 1 is 0.600 bits per heavy atom. The van der Waals surface area contributed by atoms with Crippen molar-refractivity contribution in [1.82, 2.24) is 0 Å². The van der Waals surface area contributed by atoms with Gasteiger partial charge >= 0.3 is 0 Å². The topological polar surface area (TPSA) is 0 Å². The van der Waals surface area contributed by atoms with Gasteiger partial charge < -0.3 is 0 Å². The molecule has 0 radical (unpaired) electrons. The number of aryl methyl sites for hydroxylation is 6. The first-order valence-corrected chi connectivity index (χ1v) is 11.3. The molecule has 3 aliphatic rings. The standard InChI is InChI=1S/C30H32/c1-17-11-19(3)27(20(4)12-17)15-23-7-8-25-24-9-10-26(30(23)25)29(24)16-28-21(5)13-18(2)14-22(28)6/h7-16,24-26,30H,1-6H3/b23-15+,29-16+. The lowest BCUT2D eigenvalue weighted by Gasteiger charge is -2.21. The number of allylic oxidation sites excluding steroid dienone is 6. The maximum Gasteiger partial charge on any atom is 0.00612 e. The van der Waals surface area contributed by atoms with Crippen LogP contribution in [0.3, 0.4) is 0 Å². The van der Waals surface area contributed by atoms with Crippen molar-refractivity contribution in [3.8, 4) is 0 Å². The van der Waals surface area contributed by atoms with Crippen molar-refractivity contribution in [3.63, 3.8) is 0 Å². The molecule has 5 rings (SSSR count). The fraction of sp³-hybridized carbons (Fsp3) is 0.333. The zero-order valence-corrected chi connectivity index (χ0v) is 19.1. The summed E-state index contributed by atoms with van der Waals surface area (Å²) in [7, 11) is 0. The van der Waals surface area contributed by atoms with Crippen LogP contribution in [0.2, 0.25) is 0 Å². The van der Waals surface area contributed by atoms with Crippen molar-refractivity contribution in [1.29, 1.82) is 0 Å². The SMILES string of the molecule is Cc1cc(C)c(/C=C2\C3C=CC2C2/C(=C/c4c(C)cc(C)cc4C)C=CC32)c(C)c1. The van der Waals surface area contributed by atoms with Gasteiger partial charge in [0.15, 0.2) is 0 Å². The Labute approximate surface area is 181 Å². The molecule has 0 aromatic heterocycles. The van der Waals surface area contributed by atoms with E-state index in [9.17, 15) is 0 Å². The summed E-state index contributed by atoms with van der Waals surface area (Å²) in [5, 5.41) is 0. The molecule has 2 bridgehead atoms. The molecular formula is C30H32. The third-order valence-electron chi connectivity index (χ3n) is 7.51. The van der Waals surface area contributed by atoms with Crippen molar-refractivity contribution in [2.24, 2.45) is 23.7 Å². The first kappa shape index (κ1) is 19.4. The zero-order chi connectivity index (χ0) is 21.2. The lowest BCUT2D eigenvalue weighted by molar-refractivity contribution is 0.454. The van der Waals surface area contributed by atoms with E-state index >= 15 is 0 Å². The normalized spacial score (nSPS) is 28.9. The average molecular weight is 393 g/mol. The molecule has 0 spiro atoms. The Morgan fingerprint density at radius 3 is 1.67 bits per heavy atom. The van der Waals surface area contributed by atoms with E-state index in [2.05, 4.69) is 102 Å². The molecule has 0 aliphatic heterocycles. The van der Waals surface area contributed by atoms with Gasteiger partial charge in [0, 0.05) is 17.8 Å². The minimum Gasteiger partial charge on any atom is -0.0801 e. The maximum absolute atomic E-state index is 2.52. The number of fused-ring (bicyclic) bond motifs is 5. The highest BCUT2D eigenvalue weighted by atomic mass is 14.5. The summed E-state index contributed by atoms with van der Waals surface area (Å²) in [6, 6.07) is 9.26. The molecule has 0 nitrogen and oxygen atoms in total. The Bertz CT molecular complexity index is 1120. The third-order valence-corrected chi connectivity index (χ3v) is 7.51. The van der Waals surface area contributed by atoms with Crippen LogP contribution in [0.15, 0.2) is 59.7 Å². The lowest BCUT2D eigenvalue weighted by atomic mass is 9.82. The average Bonchev–Trinajstić information content (AvgIpc) is 3.32. The molecule has 2 aromatic carbocycles. The van der Waals surface area contributed by atoms with Crippen LogP contribution in [-0.4, -0.2) is 0 Å². The van der Waals surface area contributed by atoms with Crippen LogP contribution in [0, 0.1) is 65.2 Å². The molecule has 1 fully saturated rings. The Balaban J connectivity index is 1.54. The summed E-state index contributed by atoms with van der Waals surface area (Å²) in [5.41, 5.74) is 14.2. The van der Waals surface area contributed by atoms with E-state index in [0.717, 1.165) is 0 Å². The summed E-state index contributed by atoms with van der Waals surface area (Å²) in [5.74, 6) is 2.31. The molecule has 4 unspecified atom stereocenters. The number of benzene rings is 2. The van der Waals surface area contributed by atoms with Crippen LogP contribution < -0.4 is 0 Å². The summed E-state index contributed by atoms with van der Waals surface area (Å²) in [4.78, 5) is 0. The predicted molar refractivity (Wildman–Crippen MR) is 130 cm³/mol. The van der Waals surface area contributed by atoms with Gasteiger partial charge in [-0.3, -0.25) is 0 Å². The monoisotopic (exact) mass is 392 g/mol. The Kier molecular flexibility index (Phi) is 4.51. The van der Waals surface area contributed by atoms with E-state index in [1.165, 1.54) is 50.1 Å². The molecule has 152 valence electrons. The molecule has 3 aliphatic carbocycles. The number of hydrogen-bond acceptors (Lipinski definition) is 0. The van der Waals surface area contributed by atoms with Gasteiger partial charge in [-0.15, -0.1) is 0 Å². The maximum atomic E-state index is 2.52. The zero-order valence-electron chi connectivity index (χ0n) is 19.1. The second-order valence-electron chi connectivity index (χ2n) is 9.81. The first-order chi connectivity index (χ1) is 14.3. The van der Waals surface area contributed by atoms with Crippen LogP contribution in [0.5, 0.6) is 0 Å². The van der Waals surface area contributed by atoms with Crippen molar-refractivity contribution in [2.45, 2.75) is 41.5 Å². The van der Waals surface area contributed by atoms with E-state index in [-0.39, 0.29) is 0 Å². The molecule has 2 aromatic rings. The van der Waals surface area contributed by atoms with E-state index in [0.29, 0.717) is 23.7 Å². The van der Waals surface area contributed by atoms with Gasteiger partial charge in [0.25, 0.3) is 0 Å². The minimum absolute atomic E-state index is 0.535. The second kappa shape index (κ2) is 6.98. The smallest absolute Gasteiger partial charge is 0.00612 e. The van der Waals surface area contributed by atoms with Gasteiger partial charge in [0.2, 0.25) is 0 Å². The molecule has 1 saturated carbocycles. The summed E-state index contributed by atoms with van der Waals surface area (Å²) >= 11 is 0. The van der Waals surface area contributed by atoms with Gasteiger partial charge in [0.1, 0.15) is 0 Å². The quantitative estimate of drug-likeness (QED) is 0.461. The van der Waals surface area contributed by atoms with Crippen molar-refractivity contribution in [2.75, 3.05) is 0 Å². The first-order valence-electron chi connectivity index (χ1n) is 11.3. The molecule has 4 atom stereocenters. The molecule has 0 N–H and O–H groups in total. The van der Waals surface area contributed by atoms with Crippen molar-refractivity contribution in [3.05, 3.63) is 104 Å². The molecule has 0 heterocycles. The van der Waals surface area contributed by atoms with Crippen LogP contribution in [0.25, 0.3) is 12.2 Å². The fourth-order valence-corrected chi connectivity index (χ4v) is 6.33. The molecular weight excluding hydrogens is 360 g/mol. The fourth-order valence-electron chi connectivity index (χ4n) is 6.33. The molecule has 0 heteroatoms. The van der Waals surface area contributed by atoms with Crippen LogP contribution in [0.4, 0.5) is 0 Å². The summed E-state index contributed by atoms with van der Waals surface area (Å²) in [6.45, 7) is 13.4. The van der Waals surface area contributed by atoms with E-state index in [4.69, 9.17) is 0 Å². The van der Waals surface area contributed by atoms with Gasteiger partial charge in [-0.25, -0.2) is 0 Å². The van der Waals surface area contributed by atoms with Crippen molar-refractivity contribution >= 4 is 12.2 Å². The second-order valence-corrected chi connectivity index (χ2v) is 9.81. The van der Waals surface area contributed by atoms with Gasteiger partial charge in [-0.05, 0) is 86.4 Å². The lowest BCUT2D eigenvalue weighted by Crippen LogP contribution is -2.14. The highest BCUT2D eigenvalue weighted by Gasteiger charge is 2.49. The van der Waals surface area contributed by atoms with Gasteiger partial charge in [0.05, 0.1) is 0 Å². The number of rotatable bonds is 2. The minimum atomic E-state index is 0.535. The highest BCUT2D eigenvalue weighted by molar-refractivity contribution is 5.69. The highest BCUT2D eigenvalue weighted by Crippen LogP contribution is 2.58. The van der Waals surface area contributed by atoms with E-state index in [1.54, 1.807) is 5.57 Å². The Hall–Kier alpha value is -2.60. The van der Waals surface area contributed by atoms with E-state index < -0.39 is 0 Å². The third kappa shape index (κ3) is 2.97. The molecule has 0 saturated heterocycles. The Morgan fingerprint density at radius 2 is 1.10 bits per heavy atom. The summed E-state index contributed by atoms with van der Waals surface area (Å²) in [6.07, 6.45) is 14.8. The van der Waals surface area contributed by atoms with Gasteiger partial charge in [-0.2, -0.15) is 0 Å². The predicted octanol–water partition coefficient (Wildman–Crippen LogP) is 7.62. The molecule has 30 heavy (non-hydrogen) atoms. The van der Waals surface area contributed by atoms with Crippen LogP contribution >= 0.6 is 0 Å². The largest absolute Gasteiger partial charge is 0.0801 e. The molecule has 0 amide bonds. The van der Waals surface area contributed by atoms with Gasteiger partial charge in [-0.1, -0.05) is 77.4 Å². The van der Waals surface area contributed by atoms with Crippen LogP contribution in [0.1, 0.15) is 44.5 Å². The van der Waals surface area contributed by atoms with Crippen LogP contribution in [-0.2, 0) is 0 Å².